The normalized spacial score (nSPS) is 16.7. The van der Waals surface area contributed by atoms with Gasteiger partial charge in [-0.3, -0.25) is 4.99 Å². The Morgan fingerprint density at radius 2 is 1.81 bits per heavy atom. The summed E-state index contributed by atoms with van der Waals surface area (Å²) >= 11 is 1.80. The largest absolute Gasteiger partial charge is 0.355 e. The molecule has 146 valence electrons. The Balaban J connectivity index is 1.92. The Morgan fingerprint density at radius 3 is 2.35 bits per heavy atom. The van der Waals surface area contributed by atoms with Crippen molar-refractivity contribution in [1.82, 2.24) is 14.9 Å². The first-order chi connectivity index (χ1) is 12.3. The Kier molecular flexibility index (Phi) is 7.37. The molecule has 0 spiro atoms. The molecule has 26 heavy (non-hydrogen) atoms. The number of benzene rings is 1. The predicted octanol–water partition coefficient (Wildman–Crippen LogP) is 2.28. The molecule has 1 aliphatic rings. The van der Waals surface area contributed by atoms with Crippen LogP contribution < -0.4 is 10.6 Å². The van der Waals surface area contributed by atoms with Crippen LogP contribution in [0.4, 0.5) is 0 Å². The van der Waals surface area contributed by atoms with Gasteiger partial charge in [-0.05, 0) is 50.6 Å². The first-order valence-electron chi connectivity index (χ1n) is 8.87. The molecule has 1 aromatic carbocycles. The lowest BCUT2D eigenvalue weighted by atomic mass is 10.2. The molecular formula is C18H30N4O2S2. The summed E-state index contributed by atoms with van der Waals surface area (Å²) in [5.74, 6) is 0.737. The maximum atomic E-state index is 12.5. The fraction of sp³-hybridized carbons (Fsp3) is 0.611. The van der Waals surface area contributed by atoms with E-state index in [1.807, 2.05) is 12.1 Å². The molecule has 0 saturated carbocycles. The van der Waals surface area contributed by atoms with Crippen LogP contribution in [0.1, 0.15) is 32.3 Å². The molecule has 0 bridgehead atoms. The average molecular weight is 399 g/mol. The van der Waals surface area contributed by atoms with Crippen LogP contribution in [0.2, 0.25) is 0 Å². The molecule has 1 saturated heterocycles. The van der Waals surface area contributed by atoms with Gasteiger partial charge in [0.05, 0.1) is 4.90 Å². The van der Waals surface area contributed by atoms with Gasteiger partial charge in [-0.2, -0.15) is 16.1 Å². The van der Waals surface area contributed by atoms with Crippen LogP contribution in [-0.2, 0) is 16.6 Å². The molecular weight excluding hydrogens is 368 g/mol. The monoisotopic (exact) mass is 398 g/mol. The van der Waals surface area contributed by atoms with Crippen molar-refractivity contribution >= 4 is 27.7 Å². The molecule has 1 aromatic rings. The number of aliphatic imine (C=N–C) groups is 1. The van der Waals surface area contributed by atoms with E-state index in [1.165, 1.54) is 0 Å². The smallest absolute Gasteiger partial charge is 0.243 e. The van der Waals surface area contributed by atoms with Crippen molar-refractivity contribution in [3.05, 3.63) is 29.8 Å². The minimum absolute atomic E-state index is 0.128. The molecule has 0 atom stereocenters. The van der Waals surface area contributed by atoms with Crippen molar-refractivity contribution in [1.29, 1.82) is 0 Å². The van der Waals surface area contributed by atoms with E-state index < -0.39 is 10.0 Å². The number of guanidine groups is 1. The topological polar surface area (TPSA) is 73.8 Å². The van der Waals surface area contributed by atoms with Gasteiger partial charge in [0.15, 0.2) is 5.96 Å². The third-order valence-electron chi connectivity index (χ3n) is 4.54. The van der Waals surface area contributed by atoms with Crippen LogP contribution in [-0.4, -0.2) is 56.4 Å². The Bertz CT molecular complexity index is 709. The summed E-state index contributed by atoms with van der Waals surface area (Å²) < 4.78 is 26.8. The molecule has 2 rings (SSSR count). The molecule has 0 aromatic heterocycles. The summed E-state index contributed by atoms with van der Waals surface area (Å²) in [6, 6.07) is 7.10. The van der Waals surface area contributed by atoms with Gasteiger partial charge in [0, 0.05) is 38.0 Å². The zero-order chi connectivity index (χ0) is 19.2. The molecule has 6 nitrogen and oxygen atoms in total. The van der Waals surface area contributed by atoms with Crippen molar-refractivity contribution in [2.45, 2.75) is 42.9 Å². The minimum Gasteiger partial charge on any atom is -0.355 e. The van der Waals surface area contributed by atoms with Crippen LogP contribution in [0, 0.1) is 0 Å². The van der Waals surface area contributed by atoms with Crippen LogP contribution in [0.5, 0.6) is 0 Å². The van der Waals surface area contributed by atoms with Crippen molar-refractivity contribution < 1.29 is 8.42 Å². The van der Waals surface area contributed by atoms with Gasteiger partial charge in [0.1, 0.15) is 0 Å². The lowest BCUT2D eigenvalue weighted by Crippen LogP contribution is -2.42. The molecule has 0 unspecified atom stereocenters. The predicted molar refractivity (Wildman–Crippen MR) is 110 cm³/mol. The minimum atomic E-state index is -3.34. The fourth-order valence-electron chi connectivity index (χ4n) is 2.63. The summed E-state index contributed by atoms with van der Waals surface area (Å²) in [4.78, 5) is 4.60. The van der Waals surface area contributed by atoms with Crippen molar-refractivity contribution in [3.63, 3.8) is 0 Å². The number of sulfonamides is 1. The van der Waals surface area contributed by atoms with Crippen molar-refractivity contribution in [3.8, 4) is 0 Å². The molecule has 1 heterocycles. The summed E-state index contributed by atoms with van der Waals surface area (Å²) in [5, 5.41) is 6.58. The van der Waals surface area contributed by atoms with Gasteiger partial charge in [-0.25, -0.2) is 8.42 Å². The maximum absolute atomic E-state index is 12.5. The van der Waals surface area contributed by atoms with E-state index in [0.717, 1.165) is 30.9 Å². The summed E-state index contributed by atoms with van der Waals surface area (Å²) in [7, 11) is -1.60. The van der Waals surface area contributed by atoms with Crippen molar-refractivity contribution in [2.75, 3.05) is 32.9 Å². The van der Waals surface area contributed by atoms with E-state index in [4.69, 9.17) is 0 Å². The van der Waals surface area contributed by atoms with Gasteiger partial charge in [-0.1, -0.05) is 12.1 Å². The standard InChI is InChI=1S/C18H30N4O2S2/c1-18(2,25-4)14-21-17(19-3)20-13-15-7-9-16(10-8-15)26(23,24)22-11-5-6-12-22/h7-10H,5-6,11-14H2,1-4H3,(H2,19,20,21). The van der Waals surface area contributed by atoms with Gasteiger partial charge in [-0.15, -0.1) is 0 Å². The highest BCUT2D eigenvalue weighted by Gasteiger charge is 2.26. The Morgan fingerprint density at radius 1 is 1.19 bits per heavy atom. The second kappa shape index (κ2) is 9.10. The molecule has 2 N–H and O–H groups in total. The molecule has 8 heteroatoms. The summed E-state index contributed by atoms with van der Waals surface area (Å²) in [6.45, 7) is 7.00. The number of nitrogens with zero attached hydrogens (tertiary/aromatic N) is 2. The number of hydrogen-bond acceptors (Lipinski definition) is 4. The first kappa shape index (κ1) is 21.1. The van der Waals surface area contributed by atoms with Crippen molar-refractivity contribution in [2.24, 2.45) is 4.99 Å². The van der Waals surface area contributed by atoms with E-state index in [0.29, 0.717) is 24.5 Å². The maximum Gasteiger partial charge on any atom is 0.243 e. The van der Waals surface area contributed by atoms with E-state index in [9.17, 15) is 8.42 Å². The highest BCUT2D eigenvalue weighted by Crippen LogP contribution is 2.21. The summed E-state index contributed by atoms with van der Waals surface area (Å²) in [6.07, 6.45) is 3.98. The second-order valence-corrected chi connectivity index (χ2v) is 10.4. The first-order valence-corrected chi connectivity index (χ1v) is 11.5. The summed E-state index contributed by atoms with van der Waals surface area (Å²) in [5.41, 5.74) is 1.01. The van der Waals surface area contributed by atoms with Crippen LogP contribution in [0.3, 0.4) is 0 Å². The number of nitrogens with one attached hydrogen (secondary N) is 2. The molecule has 0 radical (unpaired) electrons. The number of rotatable bonds is 7. The van der Waals surface area contributed by atoms with Gasteiger partial charge in [0.2, 0.25) is 10.0 Å². The zero-order valence-electron chi connectivity index (χ0n) is 16.1. The zero-order valence-corrected chi connectivity index (χ0v) is 17.7. The quantitative estimate of drug-likeness (QED) is 0.544. The number of hydrogen-bond donors (Lipinski definition) is 2. The number of thioether (sulfide) groups is 1. The van der Waals surface area contributed by atoms with E-state index >= 15 is 0 Å². The highest BCUT2D eigenvalue weighted by atomic mass is 32.2. The Labute approximate surface area is 161 Å². The average Bonchev–Trinajstić information content (AvgIpc) is 3.18. The van der Waals surface area contributed by atoms with Crippen LogP contribution >= 0.6 is 11.8 Å². The lowest BCUT2D eigenvalue weighted by molar-refractivity contribution is 0.477. The van der Waals surface area contributed by atoms with Gasteiger partial charge < -0.3 is 10.6 Å². The van der Waals surface area contributed by atoms with Gasteiger partial charge >= 0.3 is 0 Å². The van der Waals surface area contributed by atoms with Gasteiger partial charge in [0.25, 0.3) is 0 Å². The third-order valence-corrected chi connectivity index (χ3v) is 7.71. The third kappa shape index (κ3) is 5.62. The van der Waals surface area contributed by atoms with E-state index in [2.05, 4.69) is 35.7 Å². The van der Waals surface area contributed by atoms with Crippen LogP contribution in [0.15, 0.2) is 34.2 Å². The van der Waals surface area contributed by atoms with E-state index in [1.54, 1.807) is 35.2 Å². The molecule has 0 aliphatic carbocycles. The molecule has 0 amide bonds. The SMILES string of the molecule is CN=C(NCc1ccc(S(=O)(=O)N2CCCC2)cc1)NCC(C)(C)SC. The molecule has 1 aliphatic heterocycles. The second-order valence-electron chi connectivity index (χ2n) is 7.00. The fourth-order valence-corrected chi connectivity index (χ4v) is 4.37. The highest BCUT2D eigenvalue weighted by molar-refractivity contribution is 7.99. The molecule has 1 fully saturated rings. The lowest BCUT2D eigenvalue weighted by Gasteiger charge is -2.23. The Hall–Kier alpha value is -1.25. The van der Waals surface area contributed by atoms with Crippen LogP contribution in [0.25, 0.3) is 0 Å². The van der Waals surface area contributed by atoms with E-state index in [-0.39, 0.29) is 4.75 Å².